The number of sulfonamides is 1. The molecule has 144 valence electrons. The van der Waals surface area contributed by atoms with E-state index in [9.17, 15) is 13.5 Å². The van der Waals surface area contributed by atoms with E-state index < -0.39 is 15.4 Å². The lowest BCUT2D eigenvalue weighted by Gasteiger charge is -2.27. The molecule has 27 heavy (non-hydrogen) atoms. The Morgan fingerprint density at radius 2 is 1.52 bits per heavy atom. The Morgan fingerprint density at radius 1 is 0.963 bits per heavy atom. The molecule has 0 spiro atoms. The third-order valence-corrected chi connectivity index (χ3v) is 5.70. The van der Waals surface area contributed by atoms with E-state index in [0.717, 1.165) is 5.56 Å². The Morgan fingerprint density at radius 3 is 1.96 bits per heavy atom. The molecule has 0 aliphatic carbocycles. The fraction of sp³-hybridized carbons (Fsp3) is 0.381. The Kier molecular flexibility index (Phi) is 5.31. The third kappa shape index (κ3) is 4.61. The average Bonchev–Trinajstić information content (AvgIpc) is 2.53. The molecule has 0 fully saturated rings. The predicted octanol–water partition coefficient (Wildman–Crippen LogP) is 4.66. The second-order valence-corrected chi connectivity index (χ2v) is 10.3. The molecule has 2 aromatic carbocycles. The number of phenolic OH excluding ortho intramolecular Hbond substituents is 1. The van der Waals surface area contributed by atoms with E-state index in [1.54, 1.807) is 0 Å². The lowest BCUT2D eigenvalue weighted by atomic mass is 9.80. The first-order chi connectivity index (χ1) is 12.3. The first-order valence-electron chi connectivity index (χ1n) is 8.66. The van der Waals surface area contributed by atoms with Gasteiger partial charge in [-0.15, -0.1) is 0 Å². The Hall–Kier alpha value is -2.52. The summed E-state index contributed by atoms with van der Waals surface area (Å²) in [6, 6.07) is 11.5. The molecule has 0 saturated carbocycles. The zero-order valence-corrected chi connectivity index (χ0v) is 17.4. The molecule has 0 heterocycles. The quantitative estimate of drug-likeness (QED) is 0.803. The van der Waals surface area contributed by atoms with Crippen molar-refractivity contribution in [2.75, 3.05) is 4.72 Å². The van der Waals surface area contributed by atoms with Crippen LogP contribution in [0.2, 0.25) is 0 Å². The maximum Gasteiger partial charge on any atom is 0.265 e. The summed E-state index contributed by atoms with van der Waals surface area (Å²) in [6.07, 6.45) is 0. The molecule has 0 unspecified atom stereocenters. The van der Waals surface area contributed by atoms with Gasteiger partial charge in [-0.05, 0) is 46.7 Å². The van der Waals surface area contributed by atoms with Gasteiger partial charge >= 0.3 is 0 Å². The topological polar surface area (TPSA) is 90.2 Å². The third-order valence-electron chi connectivity index (χ3n) is 4.30. The van der Waals surface area contributed by atoms with Crippen LogP contribution in [0.1, 0.15) is 58.2 Å². The summed E-state index contributed by atoms with van der Waals surface area (Å²) in [4.78, 5) is -0.149. The minimum atomic E-state index is -4.01. The fourth-order valence-corrected chi connectivity index (χ4v) is 3.84. The number of benzene rings is 2. The second kappa shape index (κ2) is 6.90. The Labute approximate surface area is 161 Å². The molecule has 6 heteroatoms. The van der Waals surface area contributed by atoms with Gasteiger partial charge in [-0.25, -0.2) is 8.42 Å². The van der Waals surface area contributed by atoms with Crippen molar-refractivity contribution < 1.29 is 13.5 Å². The highest BCUT2D eigenvalue weighted by Gasteiger charge is 2.29. The van der Waals surface area contributed by atoms with Gasteiger partial charge in [-0.3, -0.25) is 4.72 Å². The molecule has 5 nitrogen and oxygen atoms in total. The van der Waals surface area contributed by atoms with Gasteiger partial charge < -0.3 is 5.11 Å². The van der Waals surface area contributed by atoms with Crippen molar-refractivity contribution in [2.24, 2.45) is 0 Å². The summed E-state index contributed by atoms with van der Waals surface area (Å²) in [5, 5.41) is 19.6. The molecule has 0 aliphatic rings. The van der Waals surface area contributed by atoms with Gasteiger partial charge in [0.25, 0.3) is 10.0 Å². The van der Waals surface area contributed by atoms with E-state index >= 15 is 0 Å². The van der Waals surface area contributed by atoms with E-state index in [1.807, 2.05) is 53.7 Å². The number of nitrogens with zero attached hydrogens (tertiary/aromatic N) is 1. The lowest BCUT2D eigenvalue weighted by molar-refractivity contribution is 0.429. The molecular formula is C21H26N2O3S. The molecule has 2 rings (SSSR count). The van der Waals surface area contributed by atoms with Gasteiger partial charge in [0.05, 0.1) is 11.6 Å². The first-order valence-corrected chi connectivity index (χ1v) is 10.1. The molecule has 0 aliphatic heterocycles. The number of aromatic hydroxyl groups is 1. The molecular weight excluding hydrogens is 360 g/mol. The summed E-state index contributed by atoms with van der Waals surface area (Å²) >= 11 is 0. The minimum Gasteiger partial charge on any atom is -0.506 e. The van der Waals surface area contributed by atoms with E-state index in [4.69, 9.17) is 5.26 Å². The zero-order valence-electron chi connectivity index (χ0n) is 16.6. The molecule has 2 N–H and O–H groups in total. The predicted molar refractivity (Wildman–Crippen MR) is 107 cm³/mol. The molecule has 0 amide bonds. The van der Waals surface area contributed by atoms with Gasteiger partial charge in [0, 0.05) is 11.3 Å². The number of hydrogen-bond donors (Lipinski definition) is 2. The van der Waals surface area contributed by atoms with Crippen LogP contribution in [0.25, 0.3) is 0 Å². The maximum atomic E-state index is 13.0. The van der Waals surface area contributed by atoms with E-state index in [1.165, 1.54) is 30.3 Å². The fourth-order valence-electron chi connectivity index (χ4n) is 2.64. The highest BCUT2D eigenvalue weighted by atomic mass is 32.2. The maximum absolute atomic E-state index is 13.0. The molecule has 0 bridgehead atoms. The number of nitriles is 1. The normalized spacial score (nSPS) is 12.5. The minimum absolute atomic E-state index is 0.149. The van der Waals surface area contributed by atoms with E-state index in [0.29, 0.717) is 16.8 Å². The summed E-state index contributed by atoms with van der Waals surface area (Å²) in [6.45, 7) is 11.8. The highest BCUT2D eigenvalue weighted by molar-refractivity contribution is 7.92. The Bertz CT molecular complexity index is 988. The van der Waals surface area contributed by atoms with Crippen LogP contribution in [-0.4, -0.2) is 13.5 Å². The van der Waals surface area contributed by atoms with Crippen molar-refractivity contribution in [3.05, 3.63) is 53.1 Å². The smallest absolute Gasteiger partial charge is 0.265 e. The Balaban J connectivity index is 2.62. The monoisotopic (exact) mass is 386 g/mol. The molecule has 0 saturated heterocycles. The number of nitrogens with one attached hydrogen (secondary N) is 1. The van der Waals surface area contributed by atoms with E-state index in [-0.39, 0.29) is 16.1 Å². The number of rotatable bonds is 3. The summed E-state index contributed by atoms with van der Waals surface area (Å²) in [5.41, 5.74) is 1.45. The van der Waals surface area contributed by atoms with Gasteiger partial charge in [-0.2, -0.15) is 5.26 Å². The van der Waals surface area contributed by atoms with Crippen LogP contribution in [0.3, 0.4) is 0 Å². The molecule has 2 aromatic rings. The number of hydrogen-bond acceptors (Lipinski definition) is 4. The molecule has 0 aromatic heterocycles. The first kappa shape index (κ1) is 20.8. The van der Waals surface area contributed by atoms with Crippen molar-refractivity contribution in [2.45, 2.75) is 57.3 Å². The van der Waals surface area contributed by atoms with Crippen LogP contribution in [0.4, 0.5) is 5.69 Å². The lowest BCUT2D eigenvalue weighted by Crippen LogP contribution is -2.20. The zero-order chi connectivity index (χ0) is 20.6. The summed E-state index contributed by atoms with van der Waals surface area (Å²) in [5.74, 6) is -0.239. The average molecular weight is 387 g/mol. The van der Waals surface area contributed by atoms with Crippen LogP contribution in [-0.2, 0) is 20.9 Å². The van der Waals surface area contributed by atoms with E-state index in [2.05, 4.69) is 4.72 Å². The van der Waals surface area contributed by atoms with Crippen molar-refractivity contribution >= 4 is 15.7 Å². The van der Waals surface area contributed by atoms with Crippen molar-refractivity contribution in [1.82, 2.24) is 0 Å². The van der Waals surface area contributed by atoms with Crippen molar-refractivity contribution in [3.63, 3.8) is 0 Å². The van der Waals surface area contributed by atoms with Gasteiger partial charge in [0.2, 0.25) is 0 Å². The van der Waals surface area contributed by atoms with Crippen LogP contribution in [0.5, 0.6) is 5.75 Å². The second-order valence-electron chi connectivity index (χ2n) is 8.67. The van der Waals surface area contributed by atoms with Crippen LogP contribution >= 0.6 is 0 Å². The standard InChI is InChI=1S/C21H26N2O3S/c1-20(2,3)15-11-17(21(4,5)6)19(24)18(12-15)27(25,26)23-16-9-7-14(13-22)8-10-16/h7-12,23-24H,1-6H3. The van der Waals surface area contributed by atoms with Gasteiger partial charge in [0.15, 0.2) is 0 Å². The molecule has 0 atom stereocenters. The summed E-state index contributed by atoms with van der Waals surface area (Å²) < 4.78 is 28.5. The number of anilines is 1. The van der Waals surface area contributed by atoms with Gasteiger partial charge in [-0.1, -0.05) is 47.6 Å². The van der Waals surface area contributed by atoms with Crippen molar-refractivity contribution in [3.8, 4) is 11.8 Å². The van der Waals surface area contributed by atoms with Crippen LogP contribution in [0.15, 0.2) is 41.3 Å². The van der Waals surface area contributed by atoms with Crippen LogP contribution in [0, 0.1) is 11.3 Å². The largest absolute Gasteiger partial charge is 0.506 e. The molecule has 0 radical (unpaired) electrons. The van der Waals surface area contributed by atoms with Crippen molar-refractivity contribution in [1.29, 1.82) is 5.26 Å². The SMILES string of the molecule is CC(C)(C)c1cc(C(C)(C)C)c(O)c(S(=O)(=O)Nc2ccc(C#N)cc2)c1. The van der Waals surface area contributed by atoms with Gasteiger partial charge in [0.1, 0.15) is 10.6 Å². The summed E-state index contributed by atoms with van der Waals surface area (Å²) in [7, 11) is -4.01. The number of phenols is 1. The van der Waals surface area contributed by atoms with Crippen LogP contribution < -0.4 is 4.72 Å². The highest BCUT2D eigenvalue weighted by Crippen LogP contribution is 2.40.